The van der Waals surface area contributed by atoms with Crippen LogP contribution in [0.2, 0.25) is 0 Å². The molecule has 0 bridgehead atoms. The SMILES string of the molecule is CCc1cc(CCCSc2nnnn2-c2c(C)n(C)n(-c3ccccc3)c2=O)on1. The van der Waals surface area contributed by atoms with Gasteiger partial charge in [0.1, 0.15) is 5.76 Å². The third-order valence-corrected chi connectivity index (χ3v) is 5.95. The van der Waals surface area contributed by atoms with E-state index in [9.17, 15) is 4.79 Å². The highest BCUT2D eigenvalue weighted by atomic mass is 32.2. The fourth-order valence-electron chi connectivity index (χ4n) is 3.26. The number of thioether (sulfide) groups is 1. The van der Waals surface area contributed by atoms with Crippen LogP contribution in [0.1, 0.15) is 30.5 Å². The molecule has 0 radical (unpaired) electrons. The molecular weight excluding hydrogens is 402 g/mol. The number of hydrogen-bond acceptors (Lipinski definition) is 7. The number of aromatic nitrogens is 7. The van der Waals surface area contributed by atoms with Gasteiger partial charge in [-0.3, -0.25) is 9.48 Å². The monoisotopic (exact) mass is 425 g/mol. The summed E-state index contributed by atoms with van der Waals surface area (Å²) >= 11 is 1.52. The third kappa shape index (κ3) is 3.82. The minimum atomic E-state index is -0.163. The average Bonchev–Trinajstić information content (AvgIpc) is 3.46. The van der Waals surface area contributed by atoms with Crippen LogP contribution in [0.5, 0.6) is 0 Å². The number of tetrazole rings is 1. The van der Waals surface area contributed by atoms with Gasteiger partial charge in [-0.2, -0.15) is 4.68 Å². The van der Waals surface area contributed by atoms with Gasteiger partial charge in [-0.1, -0.05) is 42.0 Å². The lowest BCUT2D eigenvalue weighted by Crippen LogP contribution is -2.22. The average molecular weight is 426 g/mol. The van der Waals surface area contributed by atoms with Gasteiger partial charge in [0.05, 0.1) is 17.1 Å². The molecular formula is C20H23N7O2S. The van der Waals surface area contributed by atoms with Crippen molar-refractivity contribution >= 4 is 11.8 Å². The first-order chi connectivity index (χ1) is 14.6. The van der Waals surface area contributed by atoms with Gasteiger partial charge in [0.25, 0.3) is 5.56 Å². The normalized spacial score (nSPS) is 11.3. The number of para-hydroxylation sites is 1. The number of aryl methyl sites for hydroxylation is 2. The molecule has 30 heavy (non-hydrogen) atoms. The molecule has 1 aromatic carbocycles. The highest BCUT2D eigenvalue weighted by Gasteiger charge is 2.21. The molecule has 0 fully saturated rings. The van der Waals surface area contributed by atoms with Crippen LogP contribution in [0, 0.1) is 6.92 Å². The summed E-state index contributed by atoms with van der Waals surface area (Å²) in [5.74, 6) is 1.68. The third-order valence-electron chi connectivity index (χ3n) is 4.95. The molecule has 0 saturated heterocycles. The molecule has 3 aromatic heterocycles. The molecule has 4 aromatic rings. The smallest absolute Gasteiger partial charge is 0.297 e. The van der Waals surface area contributed by atoms with Crippen molar-refractivity contribution in [3.8, 4) is 11.4 Å². The first-order valence-corrected chi connectivity index (χ1v) is 10.8. The molecule has 0 aliphatic rings. The molecule has 0 atom stereocenters. The summed E-state index contributed by atoms with van der Waals surface area (Å²) in [6.07, 6.45) is 2.55. The zero-order valence-electron chi connectivity index (χ0n) is 17.1. The Balaban J connectivity index is 1.52. The van der Waals surface area contributed by atoms with Gasteiger partial charge in [0.2, 0.25) is 5.16 Å². The number of rotatable bonds is 8. The van der Waals surface area contributed by atoms with E-state index in [1.165, 1.54) is 16.4 Å². The summed E-state index contributed by atoms with van der Waals surface area (Å²) in [4.78, 5) is 13.2. The number of benzene rings is 1. The van der Waals surface area contributed by atoms with E-state index in [2.05, 4.69) is 27.6 Å². The molecule has 3 heterocycles. The van der Waals surface area contributed by atoms with E-state index in [0.29, 0.717) is 10.8 Å². The molecule has 0 aliphatic heterocycles. The molecule has 0 unspecified atom stereocenters. The predicted octanol–water partition coefficient (Wildman–Crippen LogP) is 2.74. The zero-order chi connectivity index (χ0) is 21.1. The lowest BCUT2D eigenvalue weighted by Gasteiger charge is -2.07. The molecule has 9 nitrogen and oxygen atoms in total. The Kier molecular flexibility index (Phi) is 5.84. The van der Waals surface area contributed by atoms with Crippen molar-refractivity contribution in [2.45, 2.75) is 38.3 Å². The van der Waals surface area contributed by atoms with E-state index in [4.69, 9.17) is 4.52 Å². The zero-order valence-corrected chi connectivity index (χ0v) is 18.0. The summed E-state index contributed by atoms with van der Waals surface area (Å²) < 4.78 is 10.3. The Labute approximate surface area is 177 Å². The van der Waals surface area contributed by atoms with Crippen molar-refractivity contribution in [3.63, 3.8) is 0 Å². The molecule has 10 heteroatoms. The first kappa shape index (κ1) is 20.1. The van der Waals surface area contributed by atoms with Crippen LogP contribution in [0.15, 0.2) is 50.9 Å². The first-order valence-electron chi connectivity index (χ1n) is 9.80. The van der Waals surface area contributed by atoms with Crippen LogP contribution in [-0.4, -0.2) is 40.5 Å². The largest absolute Gasteiger partial charge is 0.361 e. The summed E-state index contributed by atoms with van der Waals surface area (Å²) in [6.45, 7) is 3.94. The Morgan fingerprint density at radius 3 is 2.73 bits per heavy atom. The Morgan fingerprint density at radius 1 is 1.20 bits per heavy atom. The van der Waals surface area contributed by atoms with E-state index in [-0.39, 0.29) is 5.56 Å². The van der Waals surface area contributed by atoms with E-state index in [0.717, 1.165) is 47.9 Å². The fourth-order valence-corrected chi connectivity index (χ4v) is 4.07. The van der Waals surface area contributed by atoms with Crippen LogP contribution in [0.3, 0.4) is 0 Å². The van der Waals surface area contributed by atoms with Crippen molar-refractivity contribution in [2.75, 3.05) is 5.75 Å². The highest BCUT2D eigenvalue weighted by molar-refractivity contribution is 7.99. The van der Waals surface area contributed by atoms with Gasteiger partial charge in [0, 0.05) is 25.3 Å². The summed E-state index contributed by atoms with van der Waals surface area (Å²) in [5.41, 5.74) is 2.84. The quantitative estimate of drug-likeness (QED) is 0.316. The van der Waals surface area contributed by atoms with Crippen LogP contribution in [0.4, 0.5) is 0 Å². The maximum Gasteiger partial charge on any atom is 0.297 e. The second-order valence-electron chi connectivity index (χ2n) is 6.87. The van der Waals surface area contributed by atoms with Crippen molar-refractivity contribution in [2.24, 2.45) is 7.05 Å². The van der Waals surface area contributed by atoms with E-state index in [1.807, 2.05) is 55.1 Å². The van der Waals surface area contributed by atoms with Gasteiger partial charge in [-0.25, -0.2) is 4.68 Å². The second-order valence-corrected chi connectivity index (χ2v) is 7.94. The van der Waals surface area contributed by atoms with E-state index < -0.39 is 0 Å². The molecule has 0 spiro atoms. The topological polar surface area (TPSA) is 96.6 Å². The summed E-state index contributed by atoms with van der Waals surface area (Å²) in [5, 5.41) is 16.6. The minimum Gasteiger partial charge on any atom is -0.361 e. The van der Waals surface area contributed by atoms with Crippen molar-refractivity contribution < 1.29 is 4.52 Å². The van der Waals surface area contributed by atoms with Gasteiger partial charge in [-0.15, -0.1) is 5.10 Å². The summed E-state index contributed by atoms with van der Waals surface area (Å²) in [6, 6.07) is 11.5. The van der Waals surface area contributed by atoms with Crippen LogP contribution in [-0.2, 0) is 19.9 Å². The highest BCUT2D eigenvalue weighted by Crippen LogP contribution is 2.21. The Morgan fingerprint density at radius 2 is 2.00 bits per heavy atom. The molecule has 0 amide bonds. The lowest BCUT2D eigenvalue weighted by atomic mass is 10.2. The molecule has 156 valence electrons. The Hall–Kier alpha value is -3.14. The fraction of sp³-hybridized carbons (Fsp3) is 0.350. The van der Waals surface area contributed by atoms with Crippen LogP contribution >= 0.6 is 11.8 Å². The Bertz CT molecular complexity index is 1190. The maximum atomic E-state index is 13.2. The van der Waals surface area contributed by atoms with Gasteiger partial charge in [-0.05, 0) is 42.3 Å². The minimum absolute atomic E-state index is 0.163. The lowest BCUT2D eigenvalue weighted by molar-refractivity contribution is 0.377. The predicted molar refractivity (Wildman–Crippen MR) is 113 cm³/mol. The van der Waals surface area contributed by atoms with Crippen molar-refractivity contribution in [1.82, 2.24) is 34.7 Å². The number of nitrogens with zero attached hydrogens (tertiary/aromatic N) is 7. The van der Waals surface area contributed by atoms with Gasteiger partial charge >= 0.3 is 0 Å². The molecule has 4 rings (SSSR count). The second kappa shape index (κ2) is 8.70. The van der Waals surface area contributed by atoms with Crippen LogP contribution < -0.4 is 5.56 Å². The van der Waals surface area contributed by atoms with E-state index >= 15 is 0 Å². The van der Waals surface area contributed by atoms with Gasteiger partial charge in [0.15, 0.2) is 5.69 Å². The molecule has 0 N–H and O–H groups in total. The van der Waals surface area contributed by atoms with Crippen LogP contribution in [0.25, 0.3) is 11.4 Å². The molecule has 0 aliphatic carbocycles. The van der Waals surface area contributed by atoms with E-state index in [1.54, 1.807) is 4.68 Å². The van der Waals surface area contributed by atoms with Crippen molar-refractivity contribution in [1.29, 1.82) is 0 Å². The summed E-state index contributed by atoms with van der Waals surface area (Å²) in [7, 11) is 1.85. The van der Waals surface area contributed by atoms with Crippen molar-refractivity contribution in [3.05, 3.63) is 63.9 Å². The molecule has 0 saturated carbocycles. The standard InChI is InChI=1S/C20H23N7O2S/c1-4-15-13-17(29-22-15)11-8-12-30-20-21-23-24-26(20)18-14(2)25(3)27(19(18)28)16-9-6-5-7-10-16/h5-7,9-10,13H,4,8,11-12H2,1-3H3. The maximum absolute atomic E-state index is 13.2. The van der Waals surface area contributed by atoms with Gasteiger partial charge < -0.3 is 4.52 Å². The number of hydrogen-bond donors (Lipinski definition) is 0.